The third kappa shape index (κ3) is 2.83. The van der Waals surface area contributed by atoms with Gasteiger partial charge in [0.05, 0.1) is 11.3 Å². The van der Waals surface area contributed by atoms with E-state index in [0.29, 0.717) is 0 Å². The Morgan fingerprint density at radius 3 is 2.63 bits per heavy atom. The molecule has 1 aromatic rings. The maximum atomic E-state index is 7.81. The van der Waals surface area contributed by atoms with Gasteiger partial charge in [0.2, 0.25) is 0 Å². The fourth-order valence-electron chi connectivity index (χ4n) is 2.34. The van der Waals surface area contributed by atoms with E-state index in [4.69, 9.17) is 11.1 Å². The normalized spacial score (nSPS) is 18.4. The highest BCUT2D eigenvalue weighted by Gasteiger charge is 2.30. The van der Waals surface area contributed by atoms with Crippen molar-refractivity contribution < 1.29 is 0 Å². The van der Waals surface area contributed by atoms with E-state index in [1.807, 2.05) is 25.6 Å². The molecule has 6 heteroatoms. The van der Waals surface area contributed by atoms with E-state index in [9.17, 15) is 0 Å². The fourth-order valence-corrected chi connectivity index (χ4v) is 3.45. The minimum Gasteiger partial charge on any atom is -0.384 e. The van der Waals surface area contributed by atoms with E-state index in [-0.39, 0.29) is 10.6 Å². The predicted molar refractivity (Wildman–Crippen MR) is 81.3 cm³/mol. The molecule has 2 heterocycles. The number of anilines is 1. The molecule has 0 saturated carbocycles. The van der Waals surface area contributed by atoms with Crippen LogP contribution in [0.5, 0.6) is 0 Å². The first kappa shape index (κ1) is 14.1. The van der Waals surface area contributed by atoms with E-state index >= 15 is 0 Å². The van der Waals surface area contributed by atoms with E-state index in [1.165, 1.54) is 0 Å². The summed E-state index contributed by atoms with van der Waals surface area (Å²) < 4.78 is 0.187. The van der Waals surface area contributed by atoms with Gasteiger partial charge in [0.15, 0.2) is 5.82 Å². The van der Waals surface area contributed by atoms with Crippen LogP contribution in [0, 0.1) is 19.3 Å². The van der Waals surface area contributed by atoms with Gasteiger partial charge in [-0.15, -0.1) is 5.10 Å². The molecule has 0 atom stereocenters. The van der Waals surface area contributed by atoms with Crippen molar-refractivity contribution in [2.45, 2.75) is 32.4 Å². The number of hydrogen-bond acceptors (Lipinski definition) is 5. The van der Waals surface area contributed by atoms with E-state index < -0.39 is 0 Å². The number of amidine groups is 1. The van der Waals surface area contributed by atoms with Gasteiger partial charge in [-0.05, 0) is 33.3 Å². The highest BCUT2D eigenvalue weighted by Crippen LogP contribution is 2.33. The van der Waals surface area contributed by atoms with Crippen LogP contribution in [0.15, 0.2) is 0 Å². The van der Waals surface area contributed by atoms with Gasteiger partial charge in [0.25, 0.3) is 0 Å². The number of rotatable bonds is 2. The Kier molecular flexibility index (Phi) is 3.71. The summed E-state index contributed by atoms with van der Waals surface area (Å²) in [5, 5.41) is 16.3. The summed E-state index contributed by atoms with van der Waals surface area (Å²) in [4.78, 5) is 2.20. The van der Waals surface area contributed by atoms with E-state index in [1.54, 1.807) is 0 Å². The predicted octanol–water partition coefficient (Wildman–Crippen LogP) is 1.71. The Balaban J connectivity index is 2.45. The average Bonchev–Trinajstić information content (AvgIpc) is 2.30. The van der Waals surface area contributed by atoms with E-state index in [2.05, 4.69) is 28.9 Å². The van der Waals surface area contributed by atoms with Crippen molar-refractivity contribution >= 4 is 23.4 Å². The monoisotopic (exact) mass is 279 g/mol. The second kappa shape index (κ2) is 5.00. The molecule has 3 N–H and O–H groups in total. The van der Waals surface area contributed by atoms with Gasteiger partial charge in [-0.1, -0.05) is 0 Å². The average molecular weight is 279 g/mol. The van der Waals surface area contributed by atoms with Crippen molar-refractivity contribution in [3.8, 4) is 0 Å². The maximum Gasteiger partial charge on any atom is 0.162 e. The molecule has 0 spiro atoms. The van der Waals surface area contributed by atoms with Gasteiger partial charge in [-0.25, -0.2) is 0 Å². The lowest BCUT2D eigenvalue weighted by Gasteiger charge is -2.38. The lowest BCUT2D eigenvalue weighted by atomic mass is 10.1. The van der Waals surface area contributed by atoms with Crippen molar-refractivity contribution in [3.05, 3.63) is 16.8 Å². The van der Waals surface area contributed by atoms with Gasteiger partial charge in [0.1, 0.15) is 5.84 Å². The Bertz CT molecular complexity index is 512. The van der Waals surface area contributed by atoms with Crippen molar-refractivity contribution in [1.29, 1.82) is 5.41 Å². The topological polar surface area (TPSA) is 78.9 Å². The first-order valence-electron chi connectivity index (χ1n) is 6.39. The van der Waals surface area contributed by atoms with Crippen LogP contribution in [0.3, 0.4) is 0 Å². The second-order valence-electron chi connectivity index (χ2n) is 5.55. The molecule has 19 heavy (non-hydrogen) atoms. The molecule has 5 nitrogen and oxygen atoms in total. The van der Waals surface area contributed by atoms with Crippen LogP contribution in [0.1, 0.15) is 30.7 Å². The molecule has 0 radical (unpaired) electrons. The molecule has 1 aromatic heterocycles. The standard InChI is InChI=1S/C13H21N5S/c1-8-9(2)16-17-12(10(8)11(14)15)18-5-6-19-13(3,4)7-18/h5-7H2,1-4H3,(H3,14,15). The highest BCUT2D eigenvalue weighted by molar-refractivity contribution is 8.00. The Morgan fingerprint density at radius 1 is 1.37 bits per heavy atom. The van der Waals surface area contributed by atoms with Gasteiger partial charge in [0, 0.05) is 23.6 Å². The molecule has 1 aliphatic rings. The summed E-state index contributed by atoms with van der Waals surface area (Å²) in [6.45, 7) is 10.1. The molecule has 2 rings (SSSR count). The van der Waals surface area contributed by atoms with Crippen molar-refractivity contribution in [2.75, 3.05) is 23.7 Å². The van der Waals surface area contributed by atoms with Crippen LogP contribution in [0.25, 0.3) is 0 Å². The fraction of sp³-hybridized carbons (Fsp3) is 0.615. The number of nitrogens with one attached hydrogen (secondary N) is 1. The highest BCUT2D eigenvalue weighted by atomic mass is 32.2. The molecule has 0 aromatic carbocycles. The molecule has 1 fully saturated rings. The number of aromatic nitrogens is 2. The smallest absolute Gasteiger partial charge is 0.162 e. The minimum atomic E-state index is 0.0709. The van der Waals surface area contributed by atoms with Crippen LogP contribution < -0.4 is 10.6 Å². The van der Waals surface area contributed by atoms with Crippen molar-refractivity contribution in [3.63, 3.8) is 0 Å². The molecule has 0 amide bonds. The van der Waals surface area contributed by atoms with Crippen LogP contribution in [0.2, 0.25) is 0 Å². The largest absolute Gasteiger partial charge is 0.384 e. The van der Waals surface area contributed by atoms with Crippen LogP contribution >= 0.6 is 11.8 Å². The lowest BCUT2D eigenvalue weighted by molar-refractivity contribution is 0.637. The SMILES string of the molecule is Cc1nnc(N2CCSC(C)(C)C2)c(C(=N)N)c1C. The molecule has 0 unspecified atom stereocenters. The molecule has 0 bridgehead atoms. The quantitative estimate of drug-likeness (QED) is 0.636. The summed E-state index contributed by atoms with van der Waals surface area (Å²) in [5.74, 6) is 1.88. The summed E-state index contributed by atoms with van der Waals surface area (Å²) in [6, 6.07) is 0. The Morgan fingerprint density at radius 2 is 2.05 bits per heavy atom. The first-order chi connectivity index (χ1) is 8.82. The van der Waals surface area contributed by atoms with Crippen LogP contribution in [-0.2, 0) is 0 Å². The summed E-state index contributed by atoms with van der Waals surface area (Å²) in [7, 11) is 0. The zero-order chi connectivity index (χ0) is 14.2. The van der Waals surface area contributed by atoms with Crippen molar-refractivity contribution in [2.24, 2.45) is 5.73 Å². The summed E-state index contributed by atoms with van der Waals surface area (Å²) >= 11 is 1.97. The third-order valence-electron chi connectivity index (χ3n) is 3.43. The number of aryl methyl sites for hydroxylation is 1. The summed E-state index contributed by atoms with van der Waals surface area (Å²) in [6.07, 6.45) is 0. The van der Waals surface area contributed by atoms with Gasteiger partial charge >= 0.3 is 0 Å². The maximum absolute atomic E-state index is 7.81. The van der Waals surface area contributed by atoms with Gasteiger partial charge in [-0.2, -0.15) is 16.9 Å². The molecule has 1 saturated heterocycles. The van der Waals surface area contributed by atoms with Crippen LogP contribution in [-0.4, -0.2) is 39.6 Å². The number of nitrogens with two attached hydrogens (primary N) is 1. The zero-order valence-electron chi connectivity index (χ0n) is 11.9. The molecule has 104 valence electrons. The Hall–Kier alpha value is -1.30. The number of nitrogens with zero attached hydrogens (tertiary/aromatic N) is 3. The molecule has 1 aliphatic heterocycles. The summed E-state index contributed by atoms with van der Waals surface area (Å²) in [5.41, 5.74) is 8.26. The van der Waals surface area contributed by atoms with Crippen molar-refractivity contribution in [1.82, 2.24) is 10.2 Å². The molecular formula is C13H21N5S. The third-order valence-corrected chi connectivity index (χ3v) is 4.73. The number of thioether (sulfide) groups is 1. The van der Waals surface area contributed by atoms with Gasteiger partial charge in [-0.3, -0.25) is 5.41 Å². The number of nitrogen functional groups attached to an aromatic ring is 1. The van der Waals surface area contributed by atoms with Crippen LogP contribution in [0.4, 0.5) is 5.82 Å². The zero-order valence-corrected chi connectivity index (χ0v) is 12.8. The molecular weight excluding hydrogens is 258 g/mol. The second-order valence-corrected chi connectivity index (χ2v) is 7.35. The van der Waals surface area contributed by atoms with Gasteiger partial charge < -0.3 is 10.6 Å². The van der Waals surface area contributed by atoms with E-state index in [0.717, 1.165) is 41.5 Å². The number of hydrogen-bond donors (Lipinski definition) is 2. The Labute approximate surface area is 118 Å². The lowest BCUT2D eigenvalue weighted by Crippen LogP contribution is -2.44. The minimum absolute atomic E-state index is 0.0709. The first-order valence-corrected chi connectivity index (χ1v) is 7.37. The molecule has 0 aliphatic carbocycles.